The molecule has 0 bridgehead atoms. The predicted octanol–water partition coefficient (Wildman–Crippen LogP) is 2.35. The molecule has 3 radical (unpaired) electrons. The highest BCUT2D eigenvalue weighted by Gasteiger charge is 2.34. The van der Waals surface area contributed by atoms with Gasteiger partial charge in [0.15, 0.2) is 0 Å². The molecule has 0 fully saturated rings. The second-order valence-electron chi connectivity index (χ2n) is 8.79. The number of hydrogen-bond donors (Lipinski definition) is 2. The molecule has 0 aliphatic carbocycles. The lowest BCUT2D eigenvalue weighted by Crippen LogP contribution is -2.56. The fraction of sp³-hybridized carbons (Fsp3) is 0.375. The van der Waals surface area contributed by atoms with Gasteiger partial charge >= 0.3 is 7.48 Å². The van der Waals surface area contributed by atoms with Crippen molar-refractivity contribution in [2.45, 2.75) is 47.1 Å². The third-order valence-electron chi connectivity index (χ3n) is 5.57. The van der Waals surface area contributed by atoms with E-state index in [1.165, 1.54) is 17.3 Å². The van der Waals surface area contributed by atoms with Crippen LogP contribution in [0.2, 0.25) is 0 Å². The minimum absolute atomic E-state index is 0.299. The smallest absolute Gasteiger partial charge is 0.327 e. The van der Waals surface area contributed by atoms with Gasteiger partial charge in [-0.3, -0.25) is 15.0 Å². The van der Waals surface area contributed by atoms with Crippen LogP contribution in [0.5, 0.6) is 5.75 Å². The molecule has 7 nitrogen and oxygen atoms in total. The van der Waals surface area contributed by atoms with Crippen LogP contribution in [0.25, 0.3) is 0 Å². The summed E-state index contributed by atoms with van der Waals surface area (Å²) in [6, 6.07) is 9.67. The van der Waals surface area contributed by atoms with Crippen LogP contribution in [0.1, 0.15) is 66.0 Å². The number of nitrogens with zero attached hydrogens (tertiary/aromatic N) is 2. The van der Waals surface area contributed by atoms with Crippen molar-refractivity contribution < 1.29 is 19.3 Å². The normalized spacial score (nSPS) is 12.3. The minimum atomic E-state index is -0.414. The van der Waals surface area contributed by atoms with Crippen molar-refractivity contribution in [1.82, 2.24) is 10.4 Å². The molecule has 0 aliphatic heterocycles. The molecular formula is C24H30B2N3O4. The van der Waals surface area contributed by atoms with E-state index in [4.69, 9.17) is 12.7 Å². The number of benzene rings is 2. The molecule has 0 aliphatic rings. The summed E-state index contributed by atoms with van der Waals surface area (Å²) in [5.74, 6) is -0.225. The topological polar surface area (TPSA) is 91.2 Å². The van der Waals surface area contributed by atoms with E-state index in [-0.39, 0.29) is 11.5 Å². The van der Waals surface area contributed by atoms with E-state index in [0.29, 0.717) is 39.9 Å². The summed E-state index contributed by atoms with van der Waals surface area (Å²) in [5, 5.41) is 11.0. The second-order valence-corrected chi connectivity index (χ2v) is 8.79. The Labute approximate surface area is 197 Å². The van der Waals surface area contributed by atoms with Gasteiger partial charge in [0.1, 0.15) is 5.75 Å². The Bertz CT molecular complexity index is 1030. The molecule has 0 spiro atoms. The summed E-state index contributed by atoms with van der Waals surface area (Å²) in [7, 11) is 7.65. The fourth-order valence-electron chi connectivity index (χ4n) is 3.86. The first-order valence-corrected chi connectivity index (χ1v) is 10.7. The molecule has 2 aromatic carbocycles. The molecule has 2 aromatic rings. The van der Waals surface area contributed by atoms with Crippen molar-refractivity contribution in [3.05, 3.63) is 58.7 Å². The molecule has 0 saturated heterocycles. The van der Waals surface area contributed by atoms with Crippen LogP contribution in [0, 0.1) is 12.3 Å². The quantitative estimate of drug-likeness (QED) is 0.388. The maximum absolute atomic E-state index is 13.6. The van der Waals surface area contributed by atoms with Gasteiger partial charge in [-0.05, 0) is 48.0 Å². The lowest BCUT2D eigenvalue weighted by molar-refractivity contribution is 0.0284. The number of nitrogens with one attached hydrogen (secondary N) is 1. The van der Waals surface area contributed by atoms with Crippen molar-refractivity contribution in [3.8, 4) is 5.75 Å². The lowest BCUT2D eigenvalue weighted by Gasteiger charge is -2.39. The third kappa shape index (κ3) is 6.05. The summed E-state index contributed by atoms with van der Waals surface area (Å²) >= 11 is 0. The number of amides is 2. The van der Waals surface area contributed by atoms with Crippen molar-refractivity contribution in [2.75, 3.05) is 7.11 Å². The second kappa shape index (κ2) is 11.2. The number of ether oxygens (including phenoxy) is 1. The Kier molecular flexibility index (Phi) is 8.88. The van der Waals surface area contributed by atoms with Gasteiger partial charge in [0.05, 0.1) is 13.2 Å². The zero-order chi connectivity index (χ0) is 24.8. The van der Waals surface area contributed by atoms with Crippen molar-refractivity contribution in [2.24, 2.45) is 10.3 Å². The molecule has 1 atom stereocenters. The summed E-state index contributed by atoms with van der Waals surface area (Å²) in [5.41, 5.74) is 4.84. The number of hydrogen-bond acceptors (Lipinski definition) is 5. The van der Waals surface area contributed by atoms with Crippen molar-refractivity contribution in [1.29, 1.82) is 0 Å². The number of carbonyl (C=O) groups excluding carboxylic acids is 2. The molecule has 33 heavy (non-hydrogen) atoms. The first kappa shape index (κ1) is 26.2. The van der Waals surface area contributed by atoms with Crippen LogP contribution in [0.3, 0.4) is 0 Å². The summed E-state index contributed by atoms with van der Waals surface area (Å²) < 4.78 is 5.33. The van der Waals surface area contributed by atoms with Gasteiger partial charge in [0.25, 0.3) is 19.8 Å². The number of hydrazine groups is 1. The van der Waals surface area contributed by atoms with Crippen LogP contribution in [0.15, 0.2) is 41.3 Å². The Hall–Kier alpha value is -3.06. The van der Waals surface area contributed by atoms with Gasteiger partial charge in [-0.1, -0.05) is 45.9 Å². The Morgan fingerprint density at radius 2 is 2.00 bits per heavy atom. The lowest BCUT2D eigenvalue weighted by atomic mass is 9.82. The molecule has 0 heterocycles. The predicted molar refractivity (Wildman–Crippen MR) is 132 cm³/mol. The zero-order valence-corrected chi connectivity index (χ0v) is 20.0. The van der Waals surface area contributed by atoms with Crippen molar-refractivity contribution >= 4 is 39.0 Å². The highest BCUT2D eigenvalue weighted by molar-refractivity contribution is 6.48. The zero-order valence-electron chi connectivity index (χ0n) is 20.0. The van der Waals surface area contributed by atoms with Gasteiger partial charge in [-0.2, -0.15) is 0 Å². The van der Waals surface area contributed by atoms with E-state index in [2.05, 4.69) is 10.3 Å². The molecule has 2 amide bonds. The van der Waals surface area contributed by atoms with Crippen LogP contribution in [-0.2, 0) is 0 Å². The monoisotopic (exact) mass is 446 g/mol. The molecule has 2 N–H and O–H groups in total. The van der Waals surface area contributed by atoms with Crippen LogP contribution >= 0.6 is 0 Å². The van der Waals surface area contributed by atoms with E-state index < -0.39 is 11.8 Å². The first-order chi connectivity index (χ1) is 15.6. The average molecular weight is 446 g/mol. The standard InChI is InChI=1S/C24H30B2N3O4/c1-7-21(24(3,4)5)29(28-22(30)18-9-8-10-20(33-6)15(18)2)23(31)16-11-12-17(14-27-25)19(13-16)26-32/h8-14,21,32H,7H2,1-6H3,(H,28,30)/t21-/m1/s1. The molecule has 0 saturated carbocycles. The molecule has 0 unspecified atom stereocenters. The van der Waals surface area contributed by atoms with E-state index in [1.54, 1.807) is 44.4 Å². The number of methoxy groups -OCH3 is 1. The Morgan fingerprint density at radius 3 is 2.55 bits per heavy atom. The van der Waals surface area contributed by atoms with Crippen molar-refractivity contribution in [3.63, 3.8) is 0 Å². The molecule has 171 valence electrons. The summed E-state index contributed by atoms with van der Waals surface area (Å²) in [4.78, 5) is 30.4. The summed E-state index contributed by atoms with van der Waals surface area (Å²) in [6.45, 7) is 9.79. The summed E-state index contributed by atoms with van der Waals surface area (Å²) in [6.07, 6.45) is 1.99. The van der Waals surface area contributed by atoms with Crippen LogP contribution in [-0.4, -0.2) is 56.7 Å². The van der Waals surface area contributed by atoms with Gasteiger partial charge in [-0.15, -0.1) is 0 Å². The van der Waals surface area contributed by atoms with Gasteiger partial charge in [-0.25, -0.2) is 5.01 Å². The Morgan fingerprint density at radius 1 is 1.30 bits per heavy atom. The molecular weight excluding hydrogens is 416 g/mol. The maximum atomic E-state index is 13.6. The maximum Gasteiger partial charge on any atom is 0.327 e. The van der Waals surface area contributed by atoms with Gasteiger partial charge < -0.3 is 14.7 Å². The van der Waals surface area contributed by atoms with Gasteiger partial charge in [0.2, 0.25) is 0 Å². The van der Waals surface area contributed by atoms with Crippen LogP contribution < -0.4 is 15.6 Å². The molecule has 2 rings (SSSR count). The SMILES string of the molecule is [B]N=Cc1ccc(C(=O)N(NC(=O)c2cccc(OC)c2C)[C@H](CC)C(C)(C)C)cc1[B]O. The number of rotatable bonds is 7. The highest BCUT2D eigenvalue weighted by atomic mass is 16.5. The van der Waals surface area contributed by atoms with Gasteiger partial charge in [0, 0.05) is 22.9 Å². The number of carbonyl (C=O) groups is 2. The largest absolute Gasteiger partial charge is 0.496 e. The highest BCUT2D eigenvalue weighted by Crippen LogP contribution is 2.28. The van der Waals surface area contributed by atoms with E-state index in [0.717, 1.165) is 7.48 Å². The Balaban J connectivity index is 2.51. The van der Waals surface area contributed by atoms with E-state index >= 15 is 0 Å². The first-order valence-electron chi connectivity index (χ1n) is 10.7. The molecule has 0 aromatic heterocycles. The van der Waals surface area contributed by atoms with Crippen LogP contribution in [0.4, 0.5) is 0 Å². The van der Waals surface area contributed by atoms with E-state index in [1.807, 2.05) is 27.7 Å². The molecule has 9 heteroatoms. The fourth-order valence-corrected chi connectivity index (χ4v) is 3.86. The van der Waals surface area contributed by atoms with E-state index in [9.17, 15) is 14.6 Å². The minimum Gasteiger partial charge on any atom is -0.496 e. The average Bonchev–Trinajstić information content (AvgIpc) is 2.78. The third-order valence-corrected chi connectivity index (χ3v) is 5.57.